The van der Waals surface area contributed by atoms with Crippen molar-refractivity contribution in [3.63, 3.8) is 0 Å². The molecule has 0 radical (unpaired) electrons. The maximum Gasteiger partial charge on any atom is 1.00 e. The fraction of sp³-hybridized carbons (Fsp3) is 0.385. The first-order chi connectivity index (χ1) is 10.4. The normalized spacial score (nSPS) is 19.0. The minimum Gasteiger partial charge on any atom is -0.714 e. The zero-order valence-electron chi connectivity index (χ0n) is 12.3. The van der Waals surface area contributed by atoms with Crippen LogP contribution in [0.2, 0.25) is 5.02 Å². The Morgan fingerprint density at radius 2 is 2.13 bits per heavy atom. The Labute approximate surface area is 180 Å². The van der Waals surface area contributed by atoms with Gasteiger partial charge in [-0.1, -0.05) is 16.8 Å². The molecule has 1 fully saturated rings. The van der Waals surface area contributed by atoms with E-state index in [1.807, 2.05) is 0 Å². The van der Waals surface area contributed by atoms with Crippen LogP contribution in [0.4, 0.5) is 0 Å². The van der Waals surface area contributed by atoms with Gasteiger partial charge in [-0.15, -0.1) is 0 Å². The number of halogens is 1. The molecule has 2 heterocycles. The van der Waals surface area contributed by atoms with Crippen LogP contribution in [0.5, 0.6) is 0 Å². The molecule has 0 saturated heterocycles. The number of nitrogens with zero attached hydrogens (tertiary/aromatic N) is 3. The molecule has 7 nitrogen and oxygen atoms in total. The Morgan fingerprint density at radius 1 is 1.39 bits per heavy atom. The van der Waals surface area contributed by atoms with Crippen LogP contribution in [0.15, 0.2) is 17.3 Å². The minimum absolute atomic E-state index is 0. The topological polar surface area (TPSA) is 96.6 Å². The Bertz CT molecular complexity index is 921. The fourth-order valence-corrected chi connectivity index (χ4v) is 3.25. The monoisotopic (exact) mass is 379 g/mol. The number of hydrogen-bond donors (Lipinski definition) is 0. The third-order valence-corrected chi connectivity index (χ3v) is 4.50. The van der Waals surface area contributed by atoms with Crippen LogP contribution in [0.3, 0.4) is 0 Å². The summed E-state index contributed by atoms with van der Waals surface area (Å²) in [5, 5.41) is 4.05. The summed E-state index contributed by atoms with van der Waals surface area (Å²) in [6, 6.07) is 3.44. The fourth-order valence-electron chi connectivity index (χ4n) is 2.87. The van der Waals surface area contributed by atoms with E-state index in [4.69, 9.17) is 11.6 Å². The van der Waals surface area contributed by atoms with Crippen LogP contribution < -0.4 is 51.4 Å². The molecule has 0 unspecified atom stereocenters. The summed E-state index contributed by atoms with van der Waals surface area (Å²) in [6.07, 6.45) is 2.71. The summed E-state index contributed by atoms with van der Waals surface area (Å²) >= 11 is 6.23. The van der Waals surface area contributed by atoms with Crippen LogP contribution in [0.1, 0.15) is 36.6 Å². The van der Waals surface area contributed by atoms with E-state index in [1.165, 1.54) is 0 Å². The molecule has 2 aliphatic rings. The van der Waals surface area contributed by atoms with Gasteiger partial charge in [0.05, 0.1) is 16.3 Å². The van der Waals surface area contributed by atoms with E-state index < -0.39 is 10.4 Å². The molecule has 0 atom stereocenters. The van der Waals surface area contributed by atoms with Crippen LogP contribution in [-0.4, -0.2) is 28.2 Å². The molecule has 10 heteroatoms. The predicted molar refractivity (Wildman–Crippen MR) is 78.7 cm³/mol. The first-order valence-electron chi connectivity index (χ1n) is 6.84. The predicted octanol–water partition coefficient (Wildman–Crippen LogP) is -0.844. The van der Waals surface area contributed by atoms with E-state index >= 15 is 0 Å². The van der Waals surface area contributed by atoms with Crippen LogP contribution in [0, 0.1) is 0 Å². The molecule has 0 N–H and O–H groups in total. The third kappa shape index (κ3) is 3.38. The molecular weight excluding hydrogens is 369 g/mol. The summed E-state index contributed by atoms with van der Waals surface area (Å²) in [4.78, 5) is 4.64. The molecule has 4 rings (SSSR count). The van der Waals surface area contributed by atoms with Gasteiger partial charge in [0.15, 0.2) is 0 Å². The molecule has 0 bridgehead atoms. The molecule has 1 aromatic carbocycles. The van der Waals surface area contributed by atoms with Gasteiger partial charge < -0.3 is 9.12 Å². The van der Waals surface area contributed by atoms with Gasteiger partial charge in [0.25, 0.3) is 10.4 Å². The van der Waals surface area contributed by atoms with Gasteiger partial charge in [0.1, 0.15) is 11.3 Å². The van der Waals surface area contributed by atoms with E-state index in [1.54, 1.807) is 12.1 Å². The van der Waals surface area contributed by atoms with E-state index in [0.29, 0.717) is 40.7 Å². The summed E-state index contributed by atoms with van der Waals surface area (Å²) in [6.45, 7) is 0.608. The number of hydrogen-bond acceptors (Lipinski definition) is 6. The largest absolute Gasteiger partial charge is 1.00 e. The molecule has 1 aliphatic heterocycles. The summed E-state index contributed by atoms with van der Waals surface area (Å²) < 4.78 is 37.9. The number of rotatable bonds is 3. The number of benzene rings is 1. The van der Waals surface area contributed by atoms with Gasteiger partial charge >= 0.3 is 51.4 Å². The van der Waals surface area contributed by atoms with Gasteiger partial charge in [-0.3, -0.25) is 4.28 Å². The van der Waals surface area contributed by atoms with E-state index in [2.05, 4.69) is 19.0 Å². The van der Waals surface area contributed by atoms with Gasteiger partial charge in [-0.05, 0) is 25.0 Å². The first kappa shape index (κ1) is 17.8. The van der Waals surface area contributed by atoms with E-state index in [-0.39, 0.29) is 51.4 Å². The second-order valence-electron chi connectivity index (χ2n) is 5.46. The molecule has 1 saturated carbocycles. The van der Waals surface area contributed by atoms with Crippen molar-refractivity contribution in [1.82, 2.24) is 9.55 Å². The van der Waals surface area contributed by atoms with Crippen molar-refractivity contribution < 1.29 is 68.6 Å². The number of oxime groups is 1. The molecule has 2 aromatic rings. The Balaban J connectivity index is 0.00000156. The number of imidazole rings is 1. The average molecular weight is 380 g/mol. The van der Waals surface area contributed by atoms with Gasteiger partial charge in [-0.25, -0.2) is 4.98 Å². The molecule has 0 spiro atoms. The second kappa shape index (κ2) is 6.38. The van der Waals surface area contributed by atoms with Crippen molar-refractivity contribution in [3.8, 4) is 0 Å². The van der Waals surface area contributed by atoms with Crippen molar-refractivity contribution in [2.75, 3.05) is 0 Å². The third-order valence-electron chi connectivity index (χ3n) is 3.94. The summed E-state index contributed by atoms with van der Waals surface area (Å²) in [5.41, 5.74) is 2.62. The number of aromatic nitrogens is 2. The zero-order chi connectivity index (χ0) is 15.5. The van der Waals surface area contributed by atoms with Gasteiger partial charge in [-0.2, -0.15) is 8.42 Å². The van der Waals surface area contributed by atoms with Crippen molar-refractivity contribution >= 4 is 38.7 Å². The second-order valence-corrected chi connectivity index (χ2v) is 6.83. The van der Waals surface area contributed by atoms with Crippen molar-refractivity contribution in [1.29, 1.82) is 0 Å². The minimum atomic E-state index is -4.86. The van der Waals surface area contributed by atoms with Crippen LogP contribution in [0.25, 0.3) is 11.0 Å². The first-order valence-corrected chi connectivity index (χ1v) is 8.55. The SMILES string of the molecule is O=S(=O)([O-])O/N=C1\CCn2c(C3CC3)nc3c(Cl)ccc1c32.[K+]. The van der Waals surface area contributed by atoms with Crippen LogP contribution in [-0.2, 0) is 21.2 Å². The Morgan fingerprint density at radius 3 is 2.78 bits per heavy atom. The molecule has 116 valence electrons. The van der Waals surface area contributed by atoms with Gasteiger partial charge in [0.2, 0.25) is 0 Å². The summed E-state index contributed by atoms with van der Waals surface area (Å²) in [7, 11) is -4.86. The zero-order valence-corrected chi connectivity index (χ0v) is 17.0. The number of aryl methyl sites for hydroxylation is 1. The standard InChI is InChI=1S/C13H12ClN3O4S.K/c14-9-4-3-8-10(16-21-22(18,19)20)5-6-17-12(8)11(9)15-13(17)7-1-2-7;/h3-4,7H,1-2,5-6H2,(H,18,19,20);/q;+1/p-1/b16-10+;. The van der Waals surface area contributed by atoms with E-state index in [9.17, 15) is 13.0 Å². The average Bonchev–Trinajstić information content (AvgIpc) is 3.22. The quantitative estimate of drug-likeness (QED) is 0.300. The smallest absolute Gasteiger partial charge is 0.714 e. The Kier molecular flexibility index (Phi) is 4.94. The maximum absolute atomic E-state index is 10.6. The molecule has 23 heavy (non-hydrogen) atoms. The molecule has 0 amide bonds. The molecular formula is C13H11ClKN3O4S. The van der Waals surface area contributed by atoms with Crippen molar-refractivity contribution in [2.24, 2.45) is 5.16 Å². The van der Waals surface area contributed by atoms with Crippen molar-refractivity contribution in [2.45, 2.75) is 31.7 Å². The Hall–Kier alpha value is -0.00364. The summed E-state index contributed by atoms with van der Waals surface area (Å²) in [5.74, 6) is 1.48. The van der Waals surface area contributed by atoms with E-state index in [0.717, 1.165) is 24.2 Å². The van der Waals surface area contributed by atoms with Crippen LogP contribution >= 0.6 is 11.6 Å². The van der Waals surface area contributed by atoms with Gasteiger partial charge in [0, 0.05) is 24.4 Å². The molecule has 1 aromatic heterocycles. The maximum atomic E-state index is 10.6. The molecule has 1 aliphatic carbocycles. The van der Waals surface area contributed by atoms with Crippen molar-refractivity contribution in [3.05, 3.63) is 28.5 Å².